The van der Waals surface area contributed by atoms with E-state index in [2.05, 4.69) is 39.9 Å². The maximum atomic E-state index is 3.78. The van der Waals surface area contributed by atoms with Crippen LogP contribution in [0.2, 0.25) is 12.1 Å². The van der Waals surface area contributed by atoms with Gasteiger partial charge in [-0.2, -0.15) is 0 Å². The van der Waals surface area contributed by atoms with E-state index in [9.17, 15) is 0 Å². The van der Waals surface area contributed by atoms with Crippen LogP contribution in [0.4, 0.5) is 0 Å². The van der Waals surface area contributed by atoms with Gasteiger partial charge in [0.05, 0.1) is 0 Å². The number of hydrogen-bond acceptors (Lipinski definition) is 1. The molecule has 15 heavy (non-hydrogen) atoms. The second-order valence-corrected chi connectivity index (χ2v) is 3.66. The third-order valence-electron chi connectivity index (χ3n) is 2.26. The average Bonchev–Trinajstić information content (AvgIpc) is 2.35. The first-order valence-electron chi connectivity index (χ1n) is 5.78. The molecule has 0 bridgehead atoms. The summed E-state index contributed by atoms with van der Waals surface area (Å²) in [4.78, 5) is 3.78. The van der Waals surface area contributed by atoms with Gasteiger partial charge in [-0.1, -0.05) is 59.2 Å². The lowest BCUT2D eigenvalue weighted by Gasteiger charge is -2.17. The topological polar surface area (TPSA) is 12.9 Å². The first-order chi connectivity index (χ1) is 7.12. The van der Waals surface area contributed by atoms with Crippen LogP contribution in [0.3, 0.4) is 0 Å². The Morgan fingerprint density at radius 2 is 1.53 bits per heavy atom. The minimum atomic E-state index is 0.458. The van der Waals surface area contributed by atoms with Crippen molar-refractivity contribution in [3.05, 3.63) is 30.6 Å². The SMILES string of the molecule is CC.C[B]C(C)(C)CC.c1ccncc1. The first-order valence-corrected chi connectivity index (χ1v) is 5.78. The van der Waals surface area contributed by atoms with Crippen LogP contribution in [0, 0.1) is 0 Å². The fraction of sp³-hybridized carbons (Fsp3) is 0.615. The third-order valence-corrected chi connectivity index (χ3v) is 2.26. The fourth-order valence-corrected chi connectivity index (χ4v) is 0.517. The number of hydrogen-bond donors (Lipinski definition) is 0. The molecule has 0 aliphatic heterocycles. The summed E-state index contributed by atoms with van der Waals surface area (Å²) < 4.78 is 0. The predicted molar refractivity (Wildman–Crippen MR) is 71.5 cm³/mol. The molecule has 0 atom stereocenters. The maximum Gasteiger partial charge on any atom is 0.113 e. The highest BCUT2D eigenvalue weighted by molar-refractivity contribution is 6.37. The van der Waals surface area contributed by atoms with Gasteiger partial charge in [-0.25, -0.2) is 0 Å². The summed E-state index contributed by atoms with van der Waals surface area (Å²) in [6, 6.07) is 5.72. The number of aromatic nitrogens is 1. The van der Waals surface area contributed by atoms with Gasteiger partial charge >= 0.3 is 0 Å². The van der Waals surface area contributed by atoms with Gasteiger partial charge in [0, 0.05) is 12.4 Å². The Kier molecular flexibility index (Phi) is 12.5. The van der Waals surface area contributed by atoms with Gasteiger partial charge in [-0.3, -0.25) is 4.98 Å². The van der Waals surface area contributed by atoms with E-state index in [4.69, 9.17) is 0 Å². The molecule has 1 rings (SSSR count). The van der Waals surface area contributed by atoms with E-state index >= 15 is 0 Å². The van der Waals surface area contributed by atoms with Crippen molar-refractivity contribution in [2.24, 2.45) is 0 Å². The van der Waals surface area contributed by atoms with E-state index < -0.39 is 0 Å². The molecule has 1 nitrogen and oxygen atoms in total. The van der Waals surface area contributed by atoms with E-state index in [1.807, 2.05) is 32.0 Å². The molecular formula is C13H25BN. The summed E-state index contributed by atoms with van der Waals surface area (Å²) in [7, 11) is 2.24. The van der Waals surface area contributed by atoms with Crippen LogP contribution in [0.5, 0.6) is 0 Å². The zero-order valence-corrected chi connectivity index (χ0v) is 11.1. The number of nitrogens with zero attached hydrogens (tertiary/aromatic N) is 1. The fourth-order valence-electron chi connectivity index (χ4n) is 0.517. The molecule has 0 aliphatic rings. The van der Waals surface area contributed by atoms with Crippen molar-refractivity contribution >= 4 is 7.28 Å². The van der Waals surface area contributed by atoms with Crippen molar-refractivity contribution in [1.82, 2.24) is 4.98 Å². The Morgan fingerprint density at radius 1 is 1.07 bits per heavy atom. The van der Waals surface area contributed by atoms with Crippen molar-refractivity contribution in [1.29, 1.82) is 0 Å². The van der Waals surface area contributed by atoms with E-state index in [-0.39, 0.29) is 0 Å². The molecule has 0 aromatic carbocycles. The quantitative estimate of drug-likeness (QED) is 0.651. The van der Waals surface area contributed by atoms with Gasteiger partial charge < -0.3 is 0 Å². The summed E-state index contributed by atoms with van der Waals surface area (Å²) in [6.07, 6.45) is 4.74. The Hall–Kier alpha value is -0.785. The van der Waals surface area contributed by atoms with Gasteiger partial charge in [0.2, 0.25) is 0 Å². The Morgan fingerprint density at radius 3 is 1.60 bits per heavy atom. The lowest BCUT2D eigenvalue weighted by Crippen LogP contribution is -2.06. The third kappa shape index (κ3) is 13.2. The highest BCUT2D eigenvalue weighted by Gasteiger charge is 2.10. The van der Waals surface area contributed by atoms with Crippen molar-refractivity contribution in [2.45, 2.75) is 53.2 Å². The molecule has 0 spiro atoms. The minimum Gasteiger partial charge on any atom is -0.265 e. The standard InChI is InChI=1S/C6H14B.C5H5N.C2H6/c1-5-6(2,3)7-4;1-2-4-6-5-3-1;1-2/h5H2,1-4H3;1-5H;1-2H3. The predicted octanol–water partition coefficient (Wildman–Crippen LogP) is 4.46. The summed E-state index contributed by atoms with van der Waals surface area (Å²) in [5.74, 6) is 0. The van der Waals surface area contributed by atoms with Crippen LogP contribution < -0.4 is 0 Å². The van der Waals surface area contributed by atoms with Gasteiger partial charge in [0.1, 0.15) is 7.28 Å². The van der Waals surface area contributed by atoms with E-state index in [1.54, 1.807) is 12.4 Å². The van der Waals surface area contributed by atoms with Gasteiger partial charge in [0.15, 0.2) is 0 Å². The highest BCUT2D eigenvalue weighted by atomic mass is 14.6. The molecular weight excluding hydrogens is 181 g/mol. The summed E-state index contributed by atoms with van der Waals surface area (Å²) in [5, 5.41) is 0.458. The maximum absolute atomic E-state index is 3.78. The second kappa shape index (κ2) is 11.3. The molecule has 0 saturated carbocycles. The summed E-state index contributed by atoms with van der Waals surface area (Å²) in [5.41, 5.74) is 0. The van der Waals surface area contributed by atoms with Crippen molar-refractivity contribution in [2.75, 3.05) is 0 Å². The number of pyridine rings is 1. The molecule has 2 heteroatoms. The molecule has 0 fully saturated rings. The monoisotopic (exact) mass is 206 g/mol. The van der Waals surface area contributed by atoms with Gasteiger partial charge in [0.25, 0.3) is 0 Å². The molecule has 0 N–H and O–H groups in total. The first kappa shape index (κ1) is 16.6. The van der Waals surface area contributed by atoms with Crippen LogP contribution in [0.15, 0.2) is 30.6 Å². The minimum absolute atomic E-state index is 0.458. The molecule has 0 unspecified atom stereocenters. The molecule has 1 aromatic rings. The van der Waals surface area contributed by atoms with E-state index in [0.717, 1.165) is 0 Å². The molecule has 1 aromatic heterocycles. The average molecular weight is 206 g/mol. The lowest BCUT2D eigenvalue weighted by atomic mass is 9.55. The molecule has 1 heterocycles. The molecule has 0 aliphatic carbocycles. The van der Waals surface area contributed by atoms with Crippen LogP contribution in [0.1, 0.15) is 41.0 Å². The van der Waals surface area contributed by atoms with Crippen LogP contribution in [0.25, 0.3) is 0 Å². The molecule has 85 valence electrons. The van der Waals surface area contributed by atoms with E-state index in [0.29, 0.717) is 5.31 Å². The largest absolute Gasteiger partial charge is 0.265 e. The van der Waals surface area contributed by atoms with Gasteiger partial charge in [-0.05, 0) is 12.1 Å². The zero-order chi connectivity index (χ0) is 12.2. The van der Waals surface area contributed by atoms with Crippen molar-refractivity contribution in [3.63, 3.8) is 0 Å². The Bertz CT molecular complexity index is 164. The molecule has 0 amide bonds. The highest BCUT2D eigenvalue weighted by Crippen LogP contribution is 2.25. The van der Waals surface area contributed by atoms with Crippen molar-refractivity contribution < 1.29 is 0 Å². The van der Waals surface area contributed by atoms with E-state index in [1.165, 1.54) is 6.42 Å². The molecule has 1 radical (unpaired) electrons. The Labute approximate surface area is 96.6 Å². The normalized spacial score (nSPS) is 8.93. The molecule has 0 saturated heterocycles. The zero-order valence-electron chi connectivity index (χ0n) is 11.1. The van der Waals surface area contributed by atoms with Crippen LogP contribution >= 0.6 is 0 Å². The van der Waals surface area contributed by atoms with Crippen LogP contribution in [-0.2, 0) is 0 Å². The Balaban J connectivity index is 0. The van der Waals surface area contributed by atoms with Crippen LogP contribution in [-0.4, -0.2) is 12.3 Å². The van der Waals surface area contributed by atoms with Crippen molar-refractivity contribution in [3.8, 4) is 0 Å². The second-order valence-electron chi connectivity index (χ2n) is 3.66. The van der Waals surface area contributed by atoms with Gasteiger partial charge in [-0.15, -0.1) is 0 Å². The smallest absolute Gasteiger partial charge is 0.113 e. The summed E-state index contributed by atoms with van der Waals surface area (Å²) in [6.45, 7) is 12.8. The lowest BCUT2D eigenvalue weighted by molar-refractivity contribution is 0.645. The number of rotatable bonds is 2. The summed E-state index contributed by atoms with van der Waals surface area (Å²) >= 11 is 0.